The fourth-order valence-electron chi connectivity index (χ4n) is 4.51. The van der Waals surface area contributed by atoms with Gasteiger partial charge in [0.2, 0.25) is 5.91 Å². The number of amides is 2. The van der Waals surface area contributed by atoms with Crippen LogP contribution in [0.4, 0.5) is 5.82 Å². The van der Waals surface area contributed by atoms with Crippen molar-refractivity contribution in [1.29, 1.82) is 0 Å². The van der Waals surface area contributed by atoms with Gasteiger partial charge >= 0.3 is 0 Å². The standard InChI is InChI=1S/C28H30ClN5O3/c1-37-22-6-4-5-21(17-22)25-11-12-26(31-30-25)32-13-15-33(16-14-32)27(35)19-34(18-20-9-10-20)28(36)23-7-2-3-8-24(23)29/h2-8,11-12,17,20H,9-10,13-16,18-19H2,1H3. The second kappa shape index (κ2) is 11.2. The molecule has 1 aliphatic heterocycles. The predicted octanol–water partition coefficient (Wildman–Crippen LogP) is 4.01. The van der Waals surface area contributed by atoms with Gasteiger partial charge < -0.3 is 19.4 Å². The molecule has 0 atom stereocenters. The molecule has 0 spiro atoms. The highest BCUT2D eigenvalue weighted by molar-refractivity contribution is 6.33. The summed E-state index contributed by atoms with van der Waals surface area (Å²) in [6.45, 7) is 3.09. The van der Waals surface area contributed by atoms with Gasteiger partial charge in [0.25, 0.3) is 5.91 Å². The van der Waals surface area contributed by atoms with Gasteiger partial charge in [0.15, 0.2) is 5.82 Å². The average molecular weight is 520 g/mol. The molecule has 2 aromatic carbocycles. The lowest BCUT2D eigenvalue weighted by atomic mass is 10.1. The molecule has 8 nitrogen and oxygen atoms in total. The van der Waals surface area contributed by atoms with E-state index < -0.39 is 0 Å². The van der Waals surface area contributed by atoms with E-state index in [0.717, 1.165) is 35.7 Å². The number of nitrogens with zero attached hydrogens (tertiary/aromatic N) is 5. The van der Waals surface area contributed by atoms with E-state index in [0.29, 0.717) is 49.2 Å². The van der Waals surface area contributed by atoms with Gasteiger partial charge in [-0.1, -0.05) is 35.9 Å². The normalized spacial score (nSPS) is 15.4. The quantitative estimate of drug-likeness (QED) is 0.447. The van der Waals surface area contributed by atoms with Crippen molar-refractivity contribution >= 4 is 29.2 Å². The average Bonchev–Trinajstić information content (AvgIpc) is 3.77. The molecule has 0 bridgehead atoms. The monoisotopic (exact) mass is 519 g/mol. The Hall–Kier alpha value is -3.65. The van der Waals surface area contributed by atoms with Gasteiger partial charge in [0.05, 0.1) is 23.4 Å². The van der Waals surface area contributed by atoms with Gasteiger partial charge in [0, 0.05) is 38.3 Å². The first-order valence-corrected chi connectivity index (χ1v) is 12.9. The maximum Gasteiger partial charge on any atom is 0.255 e. The highest BCUT2D eigenvalue weighted by Gasteiger charge is 2.31. The van der Waals surface area contributed by atoms with Crippen LogP contribution in [0.1, 0.15) is 23.2 Å². The van der Waals surface area contributed by atoms with Crippen molar-refractivity contribution in [2.24, 2.45) is 5.92 Å². The summed E-state index contributed by atoms with van der Waals surface area (Å²) >= 11 is 6.27. The van der Waals surface area contributed by atoms with E-state index in [9.17, 15) is 9.59 Å². The summed E-state index contributed by atoms with van der Waals surface area (Å²) in [6.07, 6.45) is 2.19. The zero-order chi connectivity index (χ0) is 25.8. The number of aromatic nitrogens is 2. The SMILES string of the molecule is COc1cccc(-c2ccc(N3CCN(C(=O)CN(CC4CC4)C(=O)c4ccccc4Cl)CC3)nn2)c1. The Bertz CT molecular complexity index is 1260. The minimum atomic E-state index is -0.184. The minimum Gasteiger partial charge on any atom is -0.497 e. The molecule has 2 amide bonds. The van der Waals surface area contributed by atoms with Gasteiger partial charge in [-0.3, -0.25) is 9.59 Å². The number of ether oxygens (including phenoxy) is 1. The van der Waals surface area contributed by atoms with Crippen molar-refractivity contribution < 1.29 is 14.3 Å². The number of anilines is 1. The van der Waals surface area contributed by atoms with Crippen molar-refractivity contribution in [2.45, 2.75) is 12.8 Å². The number of rotatable bonds is 8. The van der Waals surface area contributed by atoms with Crippen molar-refractivity contribution in [1.82, 2.24) is 20.0 Å². The maximum absolute atomic E-state index is 13.2. The fourth-order valence-corrected chi connectivity index (χ4v) is 4.73. The smallest absolute Gasteiger partial charge is 0.255 e. The molecule has 2 fully saturated rings. The summed E-state index contributed by atoms with van der Waals surface area (Å²) in [6, 6.07) is 18.6. The van der Waals surface area contributed by atoms with E-state index in [4.69, 9.17) is 16.3 Å². The first kappa shape index (κ1) is 25.0. The Kier molecular flexibility index (Phi) is 7.55. The first-order valence-electron chi connectivity index (χ1n) is 12.6. The molecule has 3 aromatic rings. The largest absolute Gasteiger partial charge is 0.497 e. The van der Waals surface area contributed by atoms with Crippen molar-refractivity contribution in [3.8, 4) is 17.0 Å². The zero-order valence-corrected chi connectivity index (χ0v) is 21.6. The summed E-state index contributed by atoms with van der Waals surface area (Å²) in [5.41, 5.74) is 2.16. The Morgan fingerprint density at radius 1 is 1.00 bits per heavy atom. The maximum atomic E-state index is 13.2. The summed E-state index contributed by atoms with van der Waals surface area (Å²) < 4.78 is 5.29. The highest BCUT2D eigenvalue weighted by atomic mass is 35.5. The molecular weight excluding hydrogens is 490 g/mol. The summed E-state index contributed by atoms with van der Waals surface area (Å²) in [5.74, 6) is 1.79. The summed E-state index contributed by atoms with van der Waals surface area (Å²) in [7, 11) is 1.64. The van der Waals surface area contributed by atoms with Crippen LogP contribution in [-0.4, -0.2) is 78.2 Å². The fraction of sp³-hybridized carbons (Fsp3) is 0.357. The van der Waals surface area contributed by atoms with E-state index in [-0.39, 0.29) is 18.4 Å². The van der Waals surface area contributed by atoms with Crippen LogP contribution in [0.5, 0.6) is 5.75 Å². The summed E-state index contributed by atoms with van der Waals surface area (Å²) in [5, 5.41) is 9.23. The second-order valence-electron chi connectivity index (χ2n) is 9.49. The molecular formula is C28H30ClN5O3. The number of piperazine rings is 1. The van der Waals surface area contributed by atoms with Crippen molar-refractivity contribution in [2.75, 3.05) is 51.3 Å². The highest BCUT2D eigenvalue weighted by Crippen LogP contribution is 2.31. The molecule has 1 saturated carbocycles. The molecule has 1 aromatic heterocycles. The van der Waals surface area contributed by atoms with Gasteiger partial charge in [-0.25, -0.2) is 0 Å². The molecule has 192 valence electrons. The molecule has 2 heterocycles. The molecule has 9 heteroatoms. The lowest BCUT2D eigenvalue weighted by molar-refractivity contribution is -0.132. The van der Waals surface area contributed by atoms with E-state index in [1.54, 1.807) is 36.3 Å². The molecule has 2 aliphatic rings. The molecule has 0 N–H and O–H groups in total. The van der Waals surface area contributed by atoms with E-state index in [2.05, 4.69) is 15.1 Å². The minimum absolute atomic E-state index is 0.0415. The topological polar surface area (TPSA) is 78.9 Å². The van der Waals surface area contributed by atoms with Crippen molar-refractivity contribution in [3.05, 3.63) is 71.2 Å². The third-order valence-corrected chi connectivity index (χ3v) is 7.20. The molecule has 0 unspecified atom stereocenters. The van der Waals surface area contributed by atoms with Crippen LogP contribution in [-0.2, 0) is 4.79 Å². The number of carbonyl (C=O) groups is 2. The van der Waals surface area contributed by atoms with Gasteiger partial charge in [-0.05, 0) is 55.2 Å². The van der Waals surface area contributed by atoms with Crippen LogP contribution in [0, 0.1) is 5.92 Å². The predicted molar refractivity (Wildman–Crippen MR) is 143 cm³/mol. The van der Waals surface area contributed by atoms with Gasteiger partial charge in [-0.2, -0.15) is 0 Å². The lowest BCUT2D eigenvalue weighted by Crippen LogP contribution is -2.52. The number of hydrogen-bond donors (Lipinski definition) is 0. The second-order valence-corrected chi connectivity index (χ2v) is 9.89. The molecule has 0 radical (unpaired) electrons. The number of halogens is 1. The van der Waals surface area contributed by atoms with Crippen LogP contribution in [0.3, 0.4) is 0 Å². The van der Waals surface area contributed by atoms with E-state index in [1.807, 2.05) is 41.3 Å². The molecule has 1 saturated heterocycles. The Balaban J connectivity index is 1.18. The third-order valence-electron chi connectivity index (χ3n) is 6.87. The summed E-state index contributed by atoms with van der Waals surface area (Å²) in [4.78, 5) is 32.0. The Morgan fingerprint density at radius 2 is 1.78 bits per heavy atom. The van der Waals surface area contributed by atoms with E-state index >= 15 is 0 Å². The number of methoxy groups -OCH3 is 1. The Morgan fingerprint density at radius 3 is 2.46 bits per heavy atom. The Labute approximate surface area is 221 Å². The zero-order valence-electron chi connectivity index (χ0n) is 20.8. The molecule has 1 aliphatic carbocycles. The number of hydrogen-bond acceptors (Lipinski definition) is 6. The van der Waals surface area contributed by atoms with E-state index in [1.165, 1.54) is 0 Å². The van der Waals surface area contributed by atoms with Crippen molar-refractivity contribution in [3.63, 3.8) is 0 Å². The molecule has 5 rings (SSSR count). The van der Waals surface area contributed by atoms with Crippen LogP contribution < -0.4 is 9.64 Å². The van der Waals surface area contributed by atoms with Crippen LogP contribution in [0.25, 0.3) is 11.3 Å². The number of benzene rings is 2. The van der Waals surface area contributed by atoms with Gasteiger partial charge in [0.1, 0.15) is 12.3 Å². The van der Waals surface area contributed by atoms with Crippen LogP contribution >= 0.6 is 11.6 Å². The third kappa shape index (κ3) is 6.02. The van der Waals surface area contributed by atoms with Crippen LogP contribution in [0.15, 0.2) is 60.7 Å². The van der Waals surface area contributed by atoms with Crippen LogP contribution in [0.2, 0.25) is 5.02 Å². The number of carbonyl (C=O) groups excluding carboxylic acids is 2. The first-order chi connectivity index (χ1) is 18.0. The molecule has 37 heavy (non-hydrogen) atoms. The lowest BCUT2D eigenvalue weighted by Gasteiger charge is -2.36. The van der Waals surface area contributed by atoms with Gasteiger partial charge in [-0.15, -0.1) is 10.2 Å².